The van der Waals surface area contributed by atoms with Gasteiger partial charge in [-0.25, -0.2) is 0 Å². The third-order valence-electron chi connectivity index (χ3n) is 1.66. The molecule has 0 saturated carbocycles. The van der Waals surface area contributed by atoms with Gasteiger partial charge in [-0.2, -0.15) is 5.10 Å². The Balaban J connectivity index is 2.67. The third kappa shape index (κ3) is 1.73. The van der Waals surface area contributed by atoms with Gasteiger partial charge in [-0.15, -0.1) is 0 Å². The predicted molar refractivity (Wildman–Crippen MR) is 46.7 cm³/mol. The molecule has 0 bridgehead atoms. The van der Waals surface area contributed by atoms with E-state index in [2.05, 4.69) is 24.3 Å². The quantitative estimate of drug-likeness (QED) is 0.714. The number of aromatic nitrogens is 2. The molecule has 0 atom stereocenters. The molecule has 1 aromatic heterocycles. The minimum Gasteiger partial charge on any atom is -0.370 e. The summed E-state index contributed by atoms with van der Waals surface area (Å²) in [5, 5.41) is 7.43. The molecule has 0 amide bonds. The van der Waals surface area contributed by atoms with Gasteiger partial charge in [0.2, 0.25) is 0 Å². The first-order valence-electron chi connectivity index (χ1n) is 3.98. The molecule has 0 aliphatic rings. The lowest BCUT2D eigenvalue weighted by atomic mass is 10.3. The van der Waals surface area contributed by atoms with Crippen molar-refractivity contribution in [3.8, 4) is 0 Å². The van der Waals surface area contributed by atoms with Crippen LogP contribution in [0.5, 0.6) is 0 Å². The van der Waals surface area contributed by atoms with Gasteiger partial charge in [0.05, 0.1) is 6.20 Å². The van der Waals surface area contributed by atoms with Crippen molar-refractivity contribution in [3.05, 3.63) is 11.8 Å². The molecule has 1 N–H and O–H groups in total. The van der Waals surface area contributed by atoms with Crippen LogP contribution < -0.4 is 5.32 Å². The smallest absolute Gasteiger partial charge is 0.126 e. The van der Waals surface area contributed by atoms with Crippen LogP contribution >= 0.6 is 0 Å². The van der Waals surface area contributed by atoms with Crippen LogP contribution in [0.1, 0.15) is 18.9 Å². The molecule has 0 saturated heterocycles. The summed E-state index contributed by atoms with van der Waals surface area (Å²) in [5.41, 5.74) is 1.21. The van der Waals surface area contributed by atoms with Gasteiger partial charge in [-0.3, -0.25) is 4.68 Å². The number of nitrogens with one attached hydrogen (secondary N) is 1. The van der Waals surface area contributed by atoms with Crippen molar-refractivity contribution >= 4 is 5.82 Å². The molecule has 62 valence electrons. The van der Waals surface area contributed by atoms with E-state index in [9.17, 15) is 0 Å². The first-order valence-corrected chi connectivity index (χ1v) is 3.98. The van der Waals surface area contributed by atoms with Crippen LogP contribution in [0.25, 0.3) is 0 Å². The van der Waals surface area contributed by atoms with Crippen LogP contribution in [0.3, 0.4) is 0 Å². The van der Waals surface area contributed by atoms with Crippen molar-refractivity contribution in [3.63, 3.8) is 0 Å². The van der Waals surface area contributed by atoms with Gasteiger partial charge in [0.15, 0.2) is 0 Å². The highest BCUT2D eigenvalue weighted by Gasteiger charge is 2.00. The first-order chi connectivity index (χ1) is 5.25. The monoisotopic (exact) mass is 153 g/mol. The fourth-order valence-corrected chi connectivity index (χ4v) is 1.04. The summed E-state index contributed by atoms with van der Waals surface area (Å²) in [6.07, 6.45) is 3.02. The van der Waals surface area contributed by atoms with E-state index in [1.54, 1.807) is 0 Å². The molecule has 11 heavy (non-hydrogen) atoms. The molecule has 3 heteroatoms. The van der Waals surface area contributed by atoms with E-state index in [0.29, 0.717) is 0 Å². The van der Waals surface area contributed by atoms with Crippen molar-refractivity contribution < 1.29 is 0 Å². The topological polar surface area (TPSA) is 29.9 Å². The maximum atomic E-state index is 4.12. The Kier molecular flexibility index (Phi) is 2.52. The summed E-state index contributed by atoms with van der Waals surface area (Å²) < 4.78 is 1.87. The lowest BCUT2D eigenvalue weighted by molar-refractivity contribution is 0.766. The molecule has 1 aromatic rings. The molecule has 1 heterocycles. The summed E-state index contributed by atoms with van der Waals surface area (Å²) in [6, 6.07) is 0. The van der Waals surface area contributed by atoms with Gasteiger partial charge >= 0.3 is 0 Å². The number of aryl methyl sites for hydroxylation is 2. The molecular formula is C8H15N3. The van der Waals surface area contributed by atoms with E-state index in [4.69, 9.17) is 0 Å². The van der Waals surface area contributed by atoms with E-state index in [-0.39, 0.29) is 0 Å². The summed E-state index contributed by atoms with van der Waals surface area (Å²) >= 11 is 0. The minimum atomic E-state index is 1.01. The highest BCUT2D eigenvalue weighted by molar-refractivity contribution is 5.42. The zero-order valence-corrected chi connectivity index (χ0v) is 7.39. The lowest BCUT2D eigenvalue weighted by Gasteiger charge is -2.05. The van der Waals surface area contributed by atoms with Gasteiger partial charge < -0.3 is 5.32 Å². The van der Waals surface area contributed by atoms with Gasteiger partial charge in [-0.1, -0.05) is 6.92 Å². The van der Waals surface area contributed by atoms with Crippen molar-refractivity contribution in [2.75, 3.05) is 11.9 Å². The molecule has 3 nitrogen and oxygen atoms in total. The van der Waals surface area contributed by atoms with Gasteiger partial charge in [0, 0.05) is 19.2 Å². The van der Waals surface area contributed by atoms with Crippen LogP contribution in [0.4, 0.5) is 5.82 Å². The third-order valence-corrected chi connectivity index (χ3v) is 1.66. The lowest BCUT2D eigenvalue weighted by Crippen LogP contribution is -2.06. The molecule has 1 rings (SSSR count). The highest BCUT2D eigenvalue weighted by Crippen LogP contribution is 2.11. The molecule has 0 spiro atoms. The Bertz CT molecular complexity index is 208. The summed E-state index contributed by atoms with van der Waals surface area (Å²) in [6.45, 7) is 5.23. The zero-order valence-electron chi connectivity index (χ0n) is 7.39. The van der Waals surface area contributed by atoms with Crippen molar-refractivity contribution in [2.24, 2.45) is 7.05 Å². The molecule has 0 unspecified atom stereocenters. The molecular weight excluding hydrogens is 138 g/mol. The van der Waals surface area contributed by atoms with Crippen LogP contribution in [0.2, 0.25) is 0 Å². The second-order valence-corrected chi connectivity index (χ2v) is 2.73. The second-order valence-electron chi connectivity index (χ2n) is 2.73. The standard InChI is InChI=1S/C8H15N3/c1-4-5-9-8-7(2)6-10-11(8)3/h6,9H,4-5H2,1-3H3. The summed E-state index contributed by atoms with van der Waals surface area (Å²) in [4.78, 5) is 0. The molecule has 0 aliphatic heterocycles. The Morgan fingerprint density at radius 3 is 2.82 bits per heavy atom. The Hall–Kier alpha value is -0.990. The number of nitrogens with zero attached hydrogens (tertiary/aromatic N) is 2. The van der Waals surface area contributed by atoms with Crippen LogP contribution in [0, 0.1) is 6.92 Å². The number of hydrogen-bond donors (Lipinski definition) is 1. The summed E-state index contributed by atoms with van der Waals surface area (Å²) in [7, 11) is 1.95. The molecule has 0 aliphatic carbocycles. The van der Waals surface area contributed by atoms with Gasteiger partial charge in [0.25, 0.3) is 0 Å². The van der Waals surface area contributed by atoms with Gasteiger partial charge in [-0.05, 0) is 13.3 Å². The first kappa shape index (κ1) is 8.11. The average molecular weight is 153 g/mol. The fraction of sp³-hybridized carbons (Fsp3) is 0.625. The van der Waals surface area contributed by atoms with E-state index in [1.165, 1.54) is 5.56 Å². The maximum Gasteiger partial charge on any atom is 0.126 e. The van der Waals surface area contributed by atoms with Crippen molar-refractivity contribution in [1.82, 2.24) is 9.78 Å². The van der Waals surface area contributed by atoms with E-state index in [0.717, 1.165) is 18.8 Å². The number of anilines is 1. The Labute approximate surface area is 67.4 Å². The second kappa shape index (κ2) is 3.42. The van der Waals surface area contributed by atoms with Gasteiger partial charge in [0.1, 0.15) is 5.82 Å². The van der Waals surface area contributed by atoms with Crippen molar-refractivity contribution in [2.45, 2.75) is 20.3 Å². The normalized spacial score (nSPS) is 10.1. The predicted octanol–water partition coefficient (Wildman–Crippen LogP) is 1.55. The minimum absolute atomic E-state index is 1.01. The highest BCUT2D eigenvalue weighted by atomic mass is 15.3. The molecule has 0 radical (unpaired) electrons. The zero-order chi connectivity index (χ0) is 8.27. The maximum absolute atomic E-state index is 4.12. The molecule has 0 fully saturated rings. The Morgan fingerprint density at radius 2 is 2.36 bits per heavy atom. The SMILES string of the molecule is CCCNc1c(C)cnn1C. The van der Waals surface area contributed by atoms with Crippen LogP contribution in [-0.4, -0.2) is 16.3 Å². The fourth-order valence-electron chi connectivity index (χ4n) is 1.04. The van der Waals surface area contributed by atoms with Crippen molar-refractivity contribution in [1.29, 1.82) is 0 Å². The summed E-state index contributed by atoms with van der Waals surface area (Å²) in [5.74, 6) is 1.13. The number of hydrogen-bond acceptors (Lipinski definition) is 2. The number of rotatable bonds is 3. The van der Waals surface area contributed by atoms with Crippen LogP contribution in [0.15, 0.2) is 6.20 Å². The van der Waals surface area contributed by atoms with E-state index >= 15 is 0 Å². The average Bonchev–Trinajstić information content (AvgIpc) is 2.29. The largest absolute Gasteiger partial charge is 0.370 e. The molecule has 0 aromatic carbocycles. The Morgan fingerprint density at radius 1 is 1.64 bits per heavy atom. The van der Waals surface area contributed by atoms with E-state index < -0.39 is 0 Å². The van der Waals surface area contributed by atoms with Crippen LogP contribution in [-0.2, 0) is 7.05 Å². The van der Waals surface area contributed by atoms with E-state index in [1.807, 2.05) is 17.9 Å².